The molecule has 3 amide bonds. The van der Waals surface area contributed by atoms with Crippen molar-refractivity contribution in [1.29, 1.82) is 0 Å². The standard InChI is InChI=1S/C23H19ClN2O4S/c24-18-12-11-16(31-18)13-17-20(22(28)29)26(21(17)27)23(30)25-19(14-7-3-1-4-8-14)15-9-5-2-6-10-15/h1-12,17,19-20H,13H2,(H,25,30)(H,28,29). The first-order valence-corrected chi connectivity index (χ1v) is 10.9. The molecule has 0 spiro atoms. The lowest BCUT2D eigenvalue weighted by molar-refractivity contribution is -0.165. The number of hydrogen-bond donors (Lipinski definition) is 2. The lowest BCUT2D eigenvalue weighted by Gasteiger charge is -2.43. The van der Waals surface area contributed by atoms with Crippen LogP contribution < -0.4 is 5.32 Å². The van der Waals surface area contributed by atoms with Crippen LogP contribution >= 0.6 is 22.9 Å². The summed E-state index contributed by atoms with van der Waals surface area (Å²) in [7, 11) is 0. The van der Waals surface area contributed by atoms with E-state index >= 15 is 0 Å². The van der Waals surface area contributed by atoms with Crippen molar-refractivity contribution >= 4 is 40.8 Å². The number of aliphatic carboxylic acids is 1. The molecule has 0 aliphatic carbocycles. The van der Waals surface area contributed by atoms with E-state index in [4.69, 9.17) is 11.6 Å². The van der Waals surface area contributed by atoms with Crippen molar-refractivity contribution < 1.29 is 19.5 Å². The van der Waals surface area contributed by atoms with Gasteiger partial charge in [-0.05, 0) is 29.7 Å². The smallest absolute Gasteiger partial charge is 0.327 e. The van der Waals surface area contributed by atoms with Crippen LogP contribution in [0.25, 0.3) is 0 Å². The Morgan fingerprint density at radius 1 is 1.00 bits per heavy atom. The minimum Gasteiger partial charge on any atom is -0.480 e. The van der Waals surface area contributed by atoms with Gasteiger partial charge in [0.25, 0.3) is 0 Å². The summed E-state index contributed by atoms with van der Waals surface area (Å²) in [4.78, 5) is 39.3. The number of carbonyl (C=O) groups excluding carboxylic acids is 2. The second-order valence-corrected chi connectivity index (χ2v) is 9.01. The Labute approximate surface area is 188 Å². The topological polar surface area (TPSA) is 86.7 Å². The molecule has 6 nitrogen and oxygen atoms in total. The summed E-state index contributed by atoms with van der Waals surface area (Å²) >= 11 is 7.23. The highest BCUT2D eigenvalue weighted by atomic mass is 35.5. The van der Waals surface area contributed by atoms with Gasteiger partial charge in [-0.2, -0.15) is 0 Å². The molecule has 2 atom stereocenters. The van der Waals surface area contributed by atoms with E-state index in [1.807, 2.05) is 60.7 Å². The van der Waals surface area contributed by atoms with Gasteiger partial charge in [-0.25, -0.2) is 14.5 Å². The number of β-lactam (4-membered cyclic amide) rings is 1. The van der Waals surface area contributed by atoms with Gasteiger partial charge in [-0.15, -0.1) is 11.3 Å². The van der Waals surface area contributed by atoms with Crippen molar-refractivity contribution in [3.8, 4) is 0 Å². The average molecular weight is 455 g/mol. The van der Waals surface area contributed by atoms with Gasteiger partial charge in [0.15, 0.2) is 6.04 Å². The normalized spacial score (nSPS) is 18.0. The van der Waals surface area contributed by atoms with E-state index in [1.54, 1.807) is 12.1 Å². The summed E-state index contributed by atoms with van der Waals surface area (Å²) in [5.74, 6) is -2.52. The van der Waals surface area contributed by atoms with Crippen LogP contribution in [-0.2, 0) is 16.0 Å². The van der Waals surface area contributed by atoms with Gasteiger partial charge in [-0.3, -0.25) is 4.79 Å². The molecule has 2 aromatic carbocycles. The minimum atomic E-state index is -1.22. The monoisotopic (exact) mass is 454 g/mol. The lowest BCUT2D eigenvalue weighted by Crippen LogP contribution is -2.68. The van der Waals surface area contributed by atoms with Gasteiger partial charge in [0.05, 0.1) is 16.3 Å². The molecule has 1 fully saturated rings. The predicted octanol–water partition coefficient (Wildman–Crippen LogP) is 4.35. The summed E-state index contributed by atoms with van der Waals surface area (Å²) in [6.07, 6.45) is 0.234. The first-order valence-electron chi connectivity index (χ1n) is 9.66. The van der Waals surface area contributed by atoms with Crippen molar-refractivity contribution in [3.05, 3.63) is 93.1 Å². The third-order valence-corrected chi connectivity index (χ3v) is 6.52. The number of imide groups is 1. The average Bonchev–Trinajstić information content (AvgIpc) is 3.19. The largest absolute Gasteiger partial charge is 0.480 e. The fourth-order valence-electron chi connectivity index (χ4n) is 3.78. The van der Waals surface area contributed by atoms with Gasteiger partial charge in [0.2, 0.25) is 5.91 Å². The van der Waals surface area contributed by atoms with Gasteiger partial charge in [-0.1, -0.05) is 72.3 Å². The maximum atomic E-state index is 13.0. The number of nitrogens with one attached hydrogen (secondary N) is 1. The van der Waals surface area contributed by atoms with E-state index in [2.05, 4.69) is 5.32 Å². The van der Waals surface area contributed by atoms with Gasteiger partial charge in [0.1, 0.15) is 0 Å². The first kappa shape index (κ1) is 21.1. The van der Waals surface area contributed by atoms with E-state index < -0.39 is 35.9 Å². The number of halogens is 1. The molecule has 8 heteroatoms. The highest BCUT2D eigenvalue weighted by Crippen LogP contribution is 2.34. The Morgan fingerprint density at radius 2 is 1.58 bits per heavy atom. The Kier molecular flexibility index (Phi) is 6.06. The molecule has 1 aliphatic rings. The van der Waals surface area contributed by atoms with Crippen molar-refractivity contribution in [3.63, 3.8) is 0 Å². The SMILES string of the molecule is O=C(O)C1C(Cc2ccc(Cl)s2)C(=O)N1C(=O)NC(c1ccccc1)c1ccccc1. The van der Waals surface area contributed by atoms with Crippen LogP contribution in [0.3, 0.4) is 0 Å². The summed E-state index contributed by atoms with van der Waals surface area (Å²) in [5, 5.41) is 12.5. The summed E-state index contributed by atoms with van der Waals surface area (Å²) < 4.78 is 0.566. The predicted molar refractivity (Wildman–Crippen MR) is 118 cm³/mol. The Balaban J connectivity index is 1.55. The van der Waals surface area contributed by atoms with E-state index in [1.165, 1.54) is 11.3 Å². The number of carbonyl (C=O) groups is 3. The molecule has 0 bridgehead atoms. The molecular weight excluding hydrogens is 436 g/mol. The Bertz CT molecular complexity index is 1060. The van der Waals surface area contributed by atoms with Gasteiger partial charge in [0, 0.05) is 4.88 Å². The summed E-state index contributed by atoms with van der Waals surface area (Å²) in [5.41, 5.74) is 1.65. The third kappa shape index (κ3) is 4.33. The van der Waals surface area contributed by atoms with Crippen LogP contribution in [-0.4, -0.2) is 34.0 Å². The second-order valence-electron chi connectivity index (χ2n) is 7.21. The highest BCUT2D eigenvalue weighted by molar-refractivity contribution is 7.16. The van der Waals surface area contributed by atoms with E-state index in [9.17, 15) is 19.5 Å². The number of benzene rings is 2. The van der Waals surface area contributed by atoms with E-state index in [0.717, 1.165) is 20.9 Å². The van der Waals surface area contributed by atoms with Crippen LogP contribution in [0.5, 0.6) is 0 Å². The number of carboxylic acids is 1. The number of urea groups is 1. The van der Waals surface area contributed by atoms with Crippen molar-refractivity contribution in [2.24, 2.45) is 5.92 Å². The Morgan fingerprint density at radius 3 is 2.06 bits per heavy atom. The molecule has 1 aromatic heterocycles. The van der Waals surface area contributed by atoms with Gasteiger partial charge >= 0.3 is 12.0 Å². The second kappa shape index (κ2) is 8.91. The molecule has 4 rings (SSSR count). The van der Waals surface area contributed by atoms with Crippen molar-refractivity contribution in [2.45, 2.75) is 18.5 Å². The lowest BCUT2D eigenvalue weighted by atomic mass is 9.84. The number of amides is 3. The van der Waals surface area contributed by atoms with Crippen LogP contribution in [0.4, 0.5) is 4.79 Å². The molecule has 2 heterocycles. The molecule has 3 aromatic rings. The third-order valence-electron chi connectivity index (χ3n) is 5.27. The van der Waals surface area contributed by atoms with Gasteiger partial charge < -0.3 is 10.4 Å². The molecule has 0 saturated carbocycles. The zero-order valence-electron chi connectivity index (χ0n) is 16.3. The number of carboxylic acid groups (broad SMARTS) is 1. The molecule has 1 aliphatic heterocycles. The van der Waals surface area contributed by atoms with Crippen LogP contribution in [0.1, 0.15) is 22.0 Å². The molecule has 0 radical (unpaired) electrons. The van der Waals surface area contributed by atoms with Crippen molar-refractivity contribution in [1.82, 2.24) is 10.2 Å². The minimum absolute atomic E-state index is 0.234. The Hall–Kier alpha value is -3.16. The number of rotatable bonds is 6. The number of hydrogen-bond acceptors (Lipinski definition) is 4. The highest BCUT2D eigenvalue weighted by Gasteiger charge is 2.55. The number of nitrogens with zero attached hydrogens (tertiary/aromatic N) is 1. The fourth-order valence-corrected chi connectivity index (χ4v) is 4.92. The molecule has 158 valence electrons. The zero-order chi connectivity index (χ0) is 22.0. The van der Waals surface area contributed by atoms with Crippen LogP contribution in [0, 0.1) is 5.92 Å². The van der Waals surface area contributed by atoms with Crippen molar-refractivity contribution in [2.75, 3.05) is 0 Å². The van der Waals surface area contributed by atoms with E-state index in [-0.39, 0.29) is 6.42 Å². The zero-order valence-corrected chi connectivity index (χ0v) is 17.8. The first-order chi connectivity index (χ1) is 15.0. The van der Waals surface area contributed by atoms with Crippen LogP contribution in [0.2, 0.25) is 4.34 Å². The summed E-state index contributed by atoms with van der Waals surface area (Å²) in [6.45, 7) is 0. The number of likely N-dealkylation sites (tertiary alicyclic amines) is 1. The fraction of sp³-hybridized carbons (Fsp3) is 0.174. The summed E-state index contributed by atoms with van der Waals surface area (Å²) in [6, 6.07) is 19.6. The molecular formula is C23H19ClN2O4S. The maximum absolute atomic E-state index is 13.0. The maximum Gasteiger partial charge on any atom is 0.327 e. The van der Waals surface area contributed by atoms with Crippen LogP contribution in [0.15, 0.2) is 72.8 Å². The quantitative estimate of drug-likeness (QED) is 0.542. The molecule has 2 N–H and O–H groups in total. The van der Waals surface area contributed by atoms with E-state index in [0.29, 0.717) is 4.34 Å². The molecule has 31 heavy (non-hydrogen) atoms. The number of thiophene rings is 1. The molecule has 2 unspecified atom stereocenters. The molecule has 1 saturated heterocycles.